The Hall–Kier alpha value is -0.250. The minimum atomic E-state index is 0. The Balaban J connectivity index is 0.00000144. The lowest BCUT2D eigenvalue weighted by molar-refractivity contribution is 0.411. The van der Waals surface area contributed by atoms with Gasteiger partial charge in [0.05, 0.1) is 11.6 Å². The van der Waals surface area contributed by atoms with Crippen molar-refractivity contribution in [3.05, 3.63) is 28.2 Å². The van der Waals surface area contributed by atoms with Crippen LogP contribution >= 0.6 is 28.3 Å². The molecule has 0 fully saturated rings. The number of benzene rings is 1. The van der Waals surface area contributed by atoms with Crippen LogP contribution in [-0.4, -0.2) is 14.2 Å². The standard InChI is InChI=1S/C9H12BrNO.ClH/c1-11-6-7-3-4-8(10)9(5-7)12-2;/h3-5,11H,6H2,1-2H3;1H. The lowest BCUT2D eigenvalue weighted by Gasteiger charge is -2.05. The Kier molecular flexibility index (Phi) is 6.12. The van der Waals surface area contributed by atoms with Crippen LogP contribution < -0.4 is 10.1 Å². The lowest BCUT2D eigenvalue weighted by atomic mass is 10.2. The van der Waals surface area contributed by atoms with Crippen molar-refractivity contribution in [2.45, 2.75) is 6.54 Å². The number of ether oxygens (including phenoxy) is 1. The van der Waals surface area contributed by atoms with Crippen LogP contribution in [0.2, 0.25) is 0 Å². The lowest BCUT2D eigenvalue weighted by Crippen LogP contribution is -2.04. The zero-order valence-electron chi connectivity index (χ0n) is 7.63. The third-order valence-corrected chi connectivity index (χ3v) is 2.25. The van der Waals surface area contributed by atoms with Crippen molar-refractivity contribution in [1.29, 1.82) is 0 Å². The third kappa shape index (κ3) is 3.55. The number of halogens is 2. The van der Waals surface area contributed by atoms with Gasteiger partial charge in [-0.05, 0) is 40.7 Å². The van der Waals surface area contributed by atoms with Crippen LogP contribution in [0.4, 0.5) is 0 Å². The highest BCUT2D eigenvalue weighted by atomic mass is 79.9. The van der Waals surface area contributed by atoms with Gasteiger partial charge >= 0.3 is 0 Å². The van der Waals surface area contributed by atoms with Gasteiger partial charge in [-0.15, -0.1) is 12.4 Å². The van der Waals surface area contributed by atoms with Gasteiger partial charge in [-0.2, -0.15) is 0 Å². The number of hydrogen-bond donors (Lipinski definition) is 1. The summed E-state index contributed by atoms with van der Waals surface area (Å²) < 4.78 is 6.15. The molecule has 0 saturated heterocycles. The molecule has 0 atom stereocenters. The van der Waals surface area contributed by atoms with Crippen LogP contribution in [0.25, 0.3) is 0 Å². The van der Waals surface area contributed by atoms with Crippen molar-refractivity contribution >= 4 is 28.3 Å². The Morgan fingerprint density at radius 2 is 2.15 bits per heavy atom. The molecule has 0 spiro atoms. The second kappa shape index (κ2) is 6.24. The van der Waals surface area contributed by atoms with E-state index in [2.05, 4.69) is 27.3 Å². The molecule has 74 valence electrons. The van der Waals surface area contributed by atoms with Crippen molar-refractivity contribution in [2.24, 2.45) is 0 Å². The fourth-order valence-corrected chi connectivity index (χ4v) is 1.43. The van der Waals surface area contributed by atoms with Gasteiger partial charge in [0.15, 0.2) is 0 Å². The molecule has 1 rings (SSSR count). The highest BCUT2D eigenvalue weighted by Gasteiger charge is 1.99. The minimum Gasteiger partial charge on any atom is -0.496 e. The second-order valence-electron chi connectivity index (χ2n) is 2.50. The first kappa shape index (κ1) is 12.8. The summed E-state index contributed by atoms with van der Waals surface area (Å²) in [6.07, 6.45) is 0. The maximum atomic E-state index is 5.16. The summed E-state index contributed by atoms with van der Waals surface area (Å²) in [5.74, 6) is 0.878. The first-order chi connectivity index (χ1) is 5.77. The minimum absolute atomic E-state index is 0. The van der Waals surface area contributed by atoms with Gasteiger partial charge in [0.25, 0.3) is 0 Å². The summed E-state index contributed by atoms with van der Waals surface area (Å²) in [5.41, 5.74) is 1.22. The molecule has 0 bridgehead atoms. The SMILES string of the molecule is CNCc1ccc(Br)c(OC)c1.Cl. The summed E-state index contributed by atoms with van der Waals surface area (Å²) in [7, 11) is 3.60. The molecular weight excluding hydrogens is 253 g/mol. The zero-order valence-corrected chi connectivity index (χ0v) is 10.0. The average Bonchev–Trinajstić information content (AvgIpc) is 2.09. The molecule has 1 aromatic rings. The number of nitrogens with one attached hydrogen (secondary N) is 1. The normalized spacial score (nSPS) is 9.15. The Bertz CT molecular complexity index is 268. The summed E-state index contributed by atoms with van der Waals surface area (Å²) >= 11 is 3.40. The van der Waals surface area contributed by atoms with Crippen molar-refractivity contribution < 1.29 is 4.74 Å². The van der Waals surface area contributed by atoms with Crippen molar-refractivity contribution in [2.75, 3.05) is 14.2 Å². The Morgan fingerprint density at radius 1 is 1.46 bits per heavy atom. The number of rotatable bonds is 3. The summed E-state index contributed by atoms with van der Waals surface area (Å²) in [6, 6.07) is 6.06. The van der Waals surface area contributed by atoms with Crippen LogP contribution in [0.5, 0.6) is 5.75 Å². The molecule has 0 aliphatic rings. The highest BCUT2D eigenvalue weighted by molar-refractivity contribution is 9.10. The van der Waals surface area contributed by atoms with Crippen molar-refractivity contribution in [3.63, 3.8) is 0 Å². The summed E-state index contributed by atoms with van der Waals surface area (Å²) in [6.45, 7) is 0.865. The molecule has 4 heteroatoms. The number of hydrogen-bond acceptors (Lipinski definition) is 2. The van der Waals surface area contributed by atoms with E-state index in [0.717, 1.165) is 16.8 Å². The van der Waals surface area contributed by atoms with Gasteiger partial charge in [-0.25, -0.2) is 0 Å². The van der Waals surface area contributed by atoms with E-state index in [1.165, 1.54) is 5.56 Å². The fourth-order valence-electron chi connectivity index (χ4n) is 1.02. The average molecular weight is 267 g/mol. The Labute approximate surface area is 93.2 Å². The van der Waals surface area contributed by atoms with Crippen LogP contribution in [-0.2, 0) is 6.54 Å². The van der Waals surface area contributed by atoms with E-state index in [9.17, 15) is 0 Å². The third-order valence-electron chi connectivity index (χ3n) is 1.60. The second-order valence-corrected chi connectivity index (χ2v) is 3.35. The molecule has 0 radical (unpaired) electrons. The predicted molar refractivity (Wildman–Crippen MR) is 60.7 cm³/mol. The monoisotopic (exact) mass is 265 g/mol. The van der Waals surface area contributed by atoms with Gasteiger partial charge in [-0.1, -0.05) is 6.07 Å². The van der Waals surface area contributed by atoms with Crippen molar-refractivity contribution in [3.8, 4) is 5.75 Å². The maximum absolute atomic E-state index is 5.16. The molecule has 2 nitrogen and oxygen atoms in total. The van der Waals surface area contributed by atoms with Gasteiger partial charge in [0.1, 0.15) is 5.75 Å². The molecule has 0 heterocycles. The topological polar surface area (TPSA) is 21.3 Å². The molecule has 0 unspecified atom stereocenters. The van der Waals surface area contributed by atoms with Crippen molar-refractivity contribution in [1.82, 2.24) is 5.32 Å². The Morgan fingerprint density at radius 3 is 2.69 bits per heavy atom. The van der Waals surface area contributed by atoms with Gasteiger partial charge in [0.2, 0.25) is 0 Å². The van der Waals surface area contributed by atoms with E-state index in [-0.39, 0.29) is 12.4 Å². The predicted octanol–water partition coefficient (Wildman–Crippen LogP) is 2.60. The molecule has 0 aromatic heterocycles. The van der Waals surface area contributed by atoms with Gasteiger partial charge < -0.3 is 10.1 Å². The molecule has 1 N–H and O–H groups in total. The molecule has 0 aliphatic heterocycles. The fraction of sp³-hybridized carbons (Fsp3) is 0.333. The zero-order chi connectivity index (χ0) is 8.97. The smallest absolute Gasteiger partial charge is 0.133 e. The van der Waals surface area contributed by atoms with Crippen LogP contribution in [0.1, 0.15) is 5.56 Å². The quantitative estimate of drug-likeness (QED) is 0.908. The van der Waals surface area contributed by atoms with E-state index < -0.39 is 0 Å². The maximum Gasteiger partial charge on any atom is 0.133 e. The molecule has 13 heavy (non-hydrogen) atoms. The van der Waals surface area contributed by atoms with Gasteiger partial charge in [-0.3, -0.25) is 0 Å². The number of methoxy groups -OCH3 is 1. The van der Waals surface area contributed by atoms with Gasteiger partial charge in [0, 0.05) is 6.54 Å². The van der Waals surface area contributed by atoms with Crippen LogP contribution in [0.3, 0.4) is 0 Å². The molecule has 0 aliphatic carbocycles. The highest BCUT2D eigenvalue weighted by Crippen LogP contribution is 2.25. The molecule has 0 saturated carbocycles. The van der Waals surface area contributed by atoms with Crippen LogP contribution in [0, 0.1) is 0 Å². The summed E-state index contributed by atoms with van der Waals surface area (Å²) in [5, 5.41) is 3.08. The largest absolute Gasteiger partial charge is 0.496 e. The first-order valence-corrected chi connectivity index (χ1v) is 4.54. The van der Waals surface area contributed by atoms with E-state index in [1.54, 1.807) is 7.11 Å². The molecular formula is C9H13BrClNO. The van der Waals surface area contributed by atoms with E-state index in [4.69, 9.17) is 4.74 Å². The summed E-state index contributed by atoms with van der Waals surface area (Å²) in [4.78, 5) is 0. The van der Waals surface area contributed by atoms with E-state index >= 15 is 0 Å². The molecule has 0 amide bonds. The van der Waals surface area contributed by atoms with E-state index in [1.807, 2.05) is 19.2 Å². The van der Waals surface area contributed by atoms with Crippen LogP contribution in [0.15, 0.2) is 22.7 Å². The molecule has 1 aromatic carbocycles. The van der Waals surface area contributed by atoms with E-state index in [0.29, 0.717) is 0 Å². The first-order valence-electron chi connectivity index (χ1n) is 3.75.